The number of amides is 1. The number of fused-ring (bicyclic) bond motifs is 1. The summed E-state index contributed by atoms with van der Waals surface area (Å²) in [4.78, 5) is 12.1. The Labute approximate surface area is 123 Å². The summed E-state index contributed by atoms with van der Waals surface area (Å²) in [7, 11) is 0. The number of aromatic hydroxyl groups is 1. The minimum Gasteiger partial charge on any atom is -0.508 e. The summed E-state index contributed by atoms with van der Waals surface area (Å²) in [6.45, 7) is 0. The van der Waals surface area contributed by atoms with E-state index in [0.717, 1.165) is 9.86 Å². The van der Waals surface area contributed by atoms with Crippen LogP contribution < -0.4 is 5.32 Å². The van der Waals surface area contributed by atoms with Crippen LogP contribution in [0.2, 0.25) is 0 Å². The number of hydrogen-bond donors (Lipinski definition) is 2. The summed E-state index contributed by atoms with van der Waals surface area (Å²) >= 11 is 3.41. The Morgan fingerprint density at radius 2 is 1.95 bits per heavy atom. The molecule has 0 saturated carbocycles. The van der Waals surface area contributed by atoms with Crippen LogP contribution >= 0.6 is 15.9 Å². The maximum atomic E-state index is 12.1. The normalized spacial score (nSPS) is 10.7. The molecule has 100 valence electrons. The summed E-state index contributed by atoms with van der Waals surface area (Å²) in [6, 6.07) is 13.5. The fourth-order valence-corrected chi connectivity index (χ4v) is 2.38. The van der Waals surface area contributed by atoms with Gasteiger partial charge in [0.1, 0.15) is 11.3 Å². The number of phenols is 1. The molecular formula is C15H10BrNO3. The van der Waals surface area contributed by atoms with Crippen molar-refractivity contribution >= 4 is 38.5 Å². The van der Waals surface area contributed by atoms with Crippen molar-refractivity contribution < 1.29 is 14.3 Å². The molecule has 1 aromatic heterocycles. The highest BCUT2D eigenvalue weighted by Gasteiger charge is 2.13. The first-order valence-electron chi connectivity index (χ1n) is 5.92. The van der Waals surface area contributed by atoms with Crippen LogP contribution in [0, 0.1) is 0 Å². The van der Waals surface area contributed by atoms with Gasteiger partial charge in [0.05, 0.1) is 0 Å². The molecule has 0 saturated heterocycles. The van der Waals surface area contributed by atoms with Crippen LogP contribution in [0.4, 0.5) is 5.69 Å². The lowest BCUT2D eigenvalue weighted by Gasteiger charge is -2.02. The molecule has 0 spiro atoms. The van der Waals surface area contributed by atoms with Gasteiger partial charge in [-0.3, -0.25) is 4.79 Å². The minimum atomic E-state index is -0.362. The van der Waals surface area contributed by atoms with Crippen molar-refractivity contribution in [2.24, 2.45) is 0 Å². The second kappa shape index (κ2) is 5.02. The lowest BCUT2D eigenvalue weighted by Crippen LogP contribution is -2.10. The first-order chi connectivity index (χ1) is 9.63. The average molecular weight is 332 g/mol. The molecule has 3 rings (SSSR count). The number of nitrogens with one attached hydrogen (secondary N) is 1. The zero-order valence-electron chi connectivity index (χ0n) is 10.3. The fraction of sp³-hybridized carbons (Fsp3) is 0. The Balaban J connectivity index is 1.91. The van der Waals surface area contributed by atoms with E-state index in [0.29, 0.717) is 11.3 Å². The van der Waals surface area contributed by atoms with Gasteiger partial charge in [0.2, 0.25) is 0 Å². The van der Waals surface area contributed by atoms with Crippen molar-refractivity contribution in [2.45, 2.75) is 0 Å². The molecule has 0 bridgehead atoms. The first-order valence-corrected chi connectivity index (χ1v) is 6.71. The Morgan fingerprint density at radius 1 is 1.15 bits per heavy atom. The highest BCUT2D eigenvalue weighted by atomic mass is 79.9. The lowest BCUT2D eigenvalue weighted by molar-refractivity contribution is 0.0998. The zero-order chi connectivity index (χ0) is 14.1. The van der Waals surface area contributed by atoms with Gasteiger partial charge in [0, 0.05) is 21.6 Å². The number of carbonyl (C=O) groups is 1. The van der Waals surface area contributed by atoms with Crippen LogP contribution in [0.1, 0.15) is 10.6 Å². The fourth-order valence-electron chi connectivity index (χ4n) is 1.91. The highest BCUT2D eigenvalue weighted by molar-refractivity contribution is 9.10. The highest BCUT2D eigenvalue weighted by Crippen LogP contribution is 2.27. The third kappa shape index (κ3) is 2.40. The maximum Gasteiger partial charge on any atom is 0.291 e. The smallest absolute Gasteiger partial charge is 0.291 e. The monoisotopic (exact) mass is 331 g/mol. The molecule has 0 aliphatic carbocycles. The van der Waals surface area contributed by atoms with E-state index in [4.69, 9.17) is 4.42 Å². The van der Waals surface area contributed by atoms with Crippen molar-refractivity contribution in [3.05, 3.63) is 58.8 Å². The number of rotatable bonds is 2. The van der Waals surface area contributed by atoms with E-state index < -0.39 is 0 Å². The van der Waals surface area contributed by atoms with Crippen LogP contribution in [0.15, 0.2) is 57.4 Å². The molecule has 2 N–H and O–H groups in total. The third-order valence-corrected chi connectivity index (χ3v) is 3.53. The van der Waals surface area contributed by atoms with Gasteiger partial charge in [-0.1, -0.05) is 28.1 Å². The van der Waals surface area contributed by atoms with Crippen molar-refractivity contribution in [2.75, 3.05) is 5.32 Å². The predicted octanol–water partition coefficient (Wildman–Crippen LogP) is 4.15. The lowest BCUT2D eigenvalue weighted by atomic mass is 10.2. The van der Waals surface area contributed by atoms with Crippen molar-refractivity contribution in [1.29, 1.82) is 0 Å². The van der Waals surface area contributed by atoms with Crippen molar-refractivity contribution in [1.82, 2.24) is 0 Å². The summed E-state index contributed by atoms with van der Waals surface area (Å²) < 4.78 is 6.38. The van der Waals surface area contributed by atoms with E-state index in [1.54, 1.807) is 24.3 Å². The maximum absolute atomic E-state index is 12.1. The topological polar surface area (TPSA) is 62.5 Å². The molecule has 0 fully saturated rings. The molecule has 0 aliphatic rings. The predicted molar refractivity (Wildman–Crippen MR) is 80.0 cm³/mol. The van der Waals surface area contributed by atoms with Crippen molar-refractivity contribution in [3.63, 3.8) is 0 Å². The van der Waals surface area contributed by atoms with Gasteiger partial charge in [-0.05, 0) is 30.3 Å². The van der Waals surface area contributed by atoms with Crippen LogP contribution in [-0.2, 0) is 0 Å². The summed E-state index contributed by atoms with van der Waals surface area (Å²) in [5, 5.41) is 12.9. The van der Waals surface area contributed by atoms with Crippen LogP contribution in [0.3, 0.4) is 0 Å². The second-order valence-electron chi connectivity index (χ2n) is 4.27. The van der Waals surface area contributed by atoms with Crippen LogP contribution in [0.25, 0.3) is 11.0 Å². The van der Waals surface area contributed by atoms with E-state index >= 15 is 0 Å². The number of hydrogen-bond acceptors (Lipinski definition) is 3. The number of phenolic OH excluding ortho intramolecular Hbond substituents is 1. The Morgan fingerprint density at radius 3 is 2.70 bits per heavy atom. The van der Waals surface area contributed by atoms with E-state index in [1.807, 2.05) is 12.1 Å². The molecule has 0 atom stereocenters. The molecular weight excluding hydrogens is 322 g/mol. The quantitative estimate of drug-likeness (QED) is 0.741. The molecule has 0 aliphatic heterocycles. The molecule has 2 aromatic carbocycles. The largest absolute Gasteiger partial charge is 0.508 e. The molecule has 0 unspecified atom stereocenters. The van der Waals surface area contributed by atoms with Gasteiger partial charge in [-0.2, -0.15) is 0 Å². The molecule has 1 amide bonds. The van der Waals surface area contributed by atoms with Crippen molar-refractivity contribution in [3.8, 4) is 5.75 Å². The van der Waals surface area contributed by atoms with Gasteiger partial charge in [-0.15, -0.1) is 0 Å². The van der Waals surface area contributed by atoms with Gasteiger partial charge in [0.15, 0.2) is 5.76 Å². The van der Waals surface area contributed by atoms with Gasteiger partial charge in [-0.25, -0.2) is 0 Å². The first kappa shape index (κ1) is 12.7. The zero-order valence-corrected chi connectivity index (χ0v) is 11.8. The molecule has 5 heteroatoms. The molecule has 3 aromatic rings. The standard InChI is InChI=1S/C15H10BrNO3/c16-12-5-2-6-13-11(12)8-14(20-13)15(19)17-9-3-1-4-10(18)7-9/h1-8,18H,(H,17,19). The Hall–Kier alpha value is -2.27. The third-order valence-electron chi connectivity index (χ3n) is 2.84. The number of furan rings is 1. The van der Waals surface area contributed by atoms with E-state index in [1.165, 1.54) is 12.1 Å². The molecule has 1 heterocycles. The van der Waals surface area contributed by atoms with Crippen LogP contribution in [0.5, 0.6) is 5.75 Å². The van der Waals surface area contributed by atoms with Gasteiger partial charge < -0.3 is 14.8 Å². The molecule has 0 radical (unpaired) electrons. The number of carbonyl (C=O) groups excluding carboxylic acids is 1. The van der Waals surface area contributed by atoms with Crippen LogP contribution in [-0.4, -0.2) is 11.0 Å². The minimum absolute atomic E-state index is 0.0927. The van der Waals surface area contributed by atoms with E-state index in [9.17, 15) is 9.90 Å². The SMILES string of the molecule is O=C(Nc1cccc(O)c1)c1cc2c(Br)cccc2o1. The number of anilines is 1. The number of benzene rings is 2. The summed E-state index contributed by atoms with van der Waals surface area (Å²) in [5.74, 6) is -0.0518. The summed E-state index contributed by atoms with van der Waals surface area (Å²) in [5.41, 5.74) is 1.15. The molecule has 20 heavy (non-hydrogen) atoms. The average Bonchev–Trinajstić information content (AvgIpc) is 2.84. The summed E-state index contributed by atoms with van der Waals surface area (Å²) in [6.07, 6.45) is 0. The Kier molecular flexibility index (Phi) is 3.20. The van der Waals surface area contributed by atoms with E-state index in [-0.39, 0.29) is 17.4 Å². The van der Waals surface area contributed by atoms with E-state index in [2.05, 4.69) is 21.2 Å². The van der Waals surface area contributed by atoms with Gasteiger partial charge in [0.25, 0.3) is 5.91 Å². The van der Waals surface area contributed by atoms with Gasteiger partial charge >= 0.3 is 0 Å². The number of halogens is 1. The second-order valence-corrected chi connectivity index (χ2v) is 5.12. The molecule has 4 nitrogen and oxygen atoms in total. The Bertz CT molecular complexity index is 795.